The van der Waals surface area contributed by atoms with E-state index in [0.29, 0.717) is 6.61 Å². The second kappa shape index (κ2) is 12.1. The number of fused-ring (bicyclic) bond motifs is 1. The van der Waals surface area contributed by atoms with Crippen molar-refractivity contribution in [3.8, 4) is 22.6 Å². The van der Waals surface area contributed by atoms with Crippen molar-refractivity contribution in [1.82, 2.24) is 4.90 Å². The molecule has 0 spiro atoms. The van der Waals surface area contributed by atoms with Gasteiger partial charge in [-0.05, 0) is 79.0 Å². The molecule has 3 aromatic carbocycles. The molecule has 1 aliphatic carbocycles. The Bertz CT molecular complexity index is 1200. The Kier molecular flexibility index (Phi) is 8.42. The van der Waals surface area contributed by atoms with Gasteiger partial charge in [-0.2, -0.15) is 0 Å². The predicted molar refractivity (Wildman–Crippen MR) is 146 cm³/mol. The molecule has 1 saturated heterocycles. The Labute approximate surface area is 220 Å². The molecule has 37 heavy (non-hydrogen) atoms. The van der Waals surface area contributed by atoms with Gasteiger partial charge in [0, 0.05) is 24.2 Å². The molecule has 4 nitrogen and oxygen atoms in total. The first-order valence-electron chi connectivity index (χ1n) is 13.7. The quantitative estimate of drug-likeness (QED) is 0.346. The Morgan fingerprint density at radius 1 is 0.946 bits per heavy atom. The standard InChI is InChI=1S/C32H38FNO3/c1-23-25(11-7-13-27(23)24-9-3-2-4-10-24)22-37-31-19-32(36-18-16-33)30(28-14-8-15-29(28)31)20-34-17-6-5-12-26(34)21-35/h2-4,7,9-11,13,19,26,35H,5-6,8,12,14-18,20-22H2,1H3/t26-/m0/s1. The number of ether oxygens (including phenoxy) is 2. The predicted octanol–water partition coefficient (Wildman–Crippen LogP) is 6.42. The summed E-state index contributed by atoms with van der Waals surface area (Å²) in [7, 11) is 0. The van der Waals surface area contributed by atoms with Crippen LogP contribution in [-0.4, -0.2) is 42.5 Å². The van der Waals surface area contributed by atoms with E-state index in [1.54, 1.807) is 0 Å². The number of aliphatic hydroxyl groups excluding tert-OH is 1. The van der Waals surface area contributed by atoms with Gasteiger partial charge in [0.15, 0.2) is 0 Å². The van der Waals surface area contributed by atoms with Crippen LogP contribution in [0.2, 0.25) is 0 Å². The maximum Gasteiger partial charge on any atom is 0.127 e. The zero-order valence-electron chi connectivity index (χ0n) is 21.8. The summed E-state index contributed by atoms with van der Waals surface area (Å²) in [6.07, 6.45) is 6.35. The van der Waals surface area contributed by atoms with E-state index in [0.717, 1.165) is 74.2 Å². The second-order valence-corrected chi connectivity index (χ2v) is 10.2. The number of piperidine rings is 1. The maximum atomic E-state index is 13.2. The van der Waals surface area contributed by atoms with Crippen molar-refractivity contribution in [2.24, 2.45) is 0 Å². The van der Waals surface area contributed by atoms with Crippen molar-refractivity contribution >= 4 is 0 Å². The Morgan fingerprint density at radius 2 is 1.78 bits per heavy atom. The number of alkyl halides is 1. The lowest BCUT2D eigenvalue weighted by molar-refractivity contribution is 0.0828. The molecule has 0 bridgehead atoms. The fraction of sp³-hybridized carbons (Fsp3) is 0.438. The molecular weight excluding hydrogens is 465 g/mol. The van der Waals surface area contributed by atoms with Crippen molar-refractivity contribution in [2.45, 2.75) is 64.6 Å². The smallest absolute Gasteiger partial charge is 0.127 e. The van der Waals surface area contributed by atoms with Crippen LogP contribution >= 0.6 is 0 Å². The lowest BCUT2D eigenvalue weighted by Gasteiger charge is -2.35. The molecule has 1 atom stereocenters. The normalized spacial score (nSPS) is 17.5. The highest BCUT2D eigenvalue weighted by molar-refractivity contribution is 5.68. The lowest BCUT2D eigenvalue weighted by atomic mass is 9.96. The van der Waals surface area contributed by atoms with Crippen LogP contribution < -0.4 is 9.47 Å². The van der Waals surface area contributed by atoms with Crippen molar-refractivity contribution in [3.63, 3.8) is 0 Å². The van der Waals surface area contributed by atoms with E-state index in [-0.39, 0.29) is 19.3 Å². The molecule has 0 aromatic heterocycles. The molecule has 0 unspecified atom stereocenters. The van der Waals surface area contributed by atoms with Crippen LogP contribution in [0, 0.1) is 6.92 Å². The van der Waals surface area contributed by atoms with Gasteiger partial charge in [-0.1, -0.05) is 55.0 Å². The molecule has 1 heterocycles. The minimum Gasteiger partial charge on any atom is -0.490 e. The van der Waals surface area contributed by atoms with Crippen LogP contribution in [0.4, 0.5) is 4.39 Å². The first-order valence-corrected chi connectivity index (χ1v) is 13.7. The van der Waals surface area contributed by atoms with Gasteiger partial charge >= 0.3 is 0 Å². The van der Waals surface area contributed by atoms with E-state index in [1.165, 1.54) is 27.8 Å². The number of hydrogen-bond acceptors (Lipinski definition) is 4. The minimum absolute atomic E-state index is 0.0346. The molecule has 196 valence electrons. The topological polar surface area (TPSA) is 41.9 Å². The van der Waals surface area contributed by atoms with E-state index in [9.17, 15) is 9.50 Å². The summed E-state index contributed by atoms with van der Waals surface area (Å²) in [5.41, 5.74) is 8.50. The Balaban J connectivity index is 1.43. The number of aliphatic hydroxyl groups is 1. The highest BCUT2D eigenvalue weighted by Gasteiger charge is 2.28. The lowest BCUT2D eigenvalue weighted by Crippen LogP contribution is -2.41. The minimum atomic E-state index is -0.527. The third-order valence-electron chi connectivity index (χ3n) is 8.01. The largest absolute Gasteiger partial charge is 0.490 e. The molecule has 0 radical (unpaired) electrons. The molecule has 1 fully saturated rings. The van der Waals surface area contributed by atoms with Crippen molar-refractivity contribution < 1.29 is 19.0 Å². The highest BCUT2D eigenvalue weighted by atomic mass is 19.1. The van der Waals surface area contributed by atoms with Gasteiger partial charge in [-0.3, -0.25) is 4.90 Å². The fourth-order valence-electron chi connectivity index (χ4n) is 5.97. The molecular formula is C32H38FNO3. The average Bonchev–Trinajstić information content (AvgIpc) is 3.43. The fourth-order valence-corrected chi connectivity index (χ4v) is 5.97. The van der Waals surface area contributed by atoms with Crippen molar-refractivity contribution in [2.75, 3.05) is 26.4 Å². The molecule has 0 saturated carbocycles. The van der Waals surface area contributed by atoms with Crippen LogP contribution in [0.25, 0.3) is 11.1 Å². The summed E-state index contributed by atoms with van der Waals surface area (Å²) in [5, 5.41) is 9.94. The van der Waals surface area contributed by atoms with Gasteiger partial charge in [0.05, 0.1) is 6.61 Å². The van der Waals surface area contributed by atoms with Crippen LogP contribution in [0.3, 0.4) is 0 Å². The molecule has 5 heteroatoms. The van der Waals surface area contributed by atoms with Crippen LogP contribution in [-0.2, 0) is 26.0 Å². The summed E-state index contributed by atoms with van der Waals surface area (Å²) >= 11 is 0. The monoisotopic (exact) mass is 503 g/mol. The van der Waals surface area contributed by atoms with Crippen LogP contribution in [0.15, 0.2) is 54.6 Å². The number of benzene rings is 3. The first-order chi connectivity index (χ1) is 18.2. The van der Waals surface area contributed by atoms with Crippen molar-refractivity contribution in [1.29, 1.82) is 0 Å². The van der Waals surface area contributed by atoms with Gasteiger partial charge in [-0.25, -0.2) is 4.39 Å². The van der Waals surface area contributed by atoms with Gasteiger partial charge < -0.3 is 14.6 Å². The molecule has 1 aliphatic heterocycles. The number of rotatable bonds is 10. The number of likely N-dealkylation sites (tertiary alicyclic amines) is 1. The number of nitrogens with zero attached hydrogens (tertiary/aromatic N) is 1. The van der Waals surface area contributed by atoms with Gasteiger partial charge in [0.1, 0.15) is 31.4 Å². The van der Waals surface area contributed by atoms with Gasteiger partial charge in [0.25, 0.3) is 0 Å². The first kappa shape index (κ1) is 25.7. The zero-order chi connectivity index (χ0) is 25.6. The summed E-state index contributed by atoms with van der Waals surface area (Å²) in [6, 6.07) is 19.0. The third-order valence-corrected chi connectivity index (χ3v) is 8.01. The van der Waals surface area contributed by atoms with Crippen LogP contribution in [0.1, 0.15) is 53.5 Å². The summed E-state index contributed by atoms with van der Waals surface area (Å²) in [4.78, 5) is 2.37. The van der Waals surface area contributed by atoms with E-state index in [1.807, 2.05) is 12.1 Å². The Morgan fingerprint density at radius 3 is 2.59 bits per heavy atom. The highest BCUT2D eigenvalue weighted by Crippen LogP contribution is 2.41. The van der Waals surface area contributed by atoms with E-state index >= 15 is 0 Å². The van der Waals surface area contributed by atoms with E-state index in [2.05, 4.69) is 54.3 Å². The molecule has 3 aromatic rings. The summed E-state index contributed by atoms with van der Waals surface area (Å²) < 4.78 is 25.6. The average molecular weight is 504 g/mol. The molecule has 5 rings (SSSR count). The maximum absolute atomic E-state index is 13.2. The molecule has 1 N–H and O–H groups in total. The zero-order valence-corrected chi connectivity index (χ0v) is 21.8. The van der Waals surface area contributed by atoms with E-state index < -0.39 is 6.67 Å². The summed E-state index contributed by atoms with van der Waals surface area (Å²) in [5.74, 6) is 1.58. The van der Waals surface area contributed by atoms with Gasteiger partial charge in [-0.15, -0.1) is 0 Å². The van der Waals surface area contributed by atoms with Crippen LogP contribution in [0.5, 0.6) is 11.5 Å². The summed E-state index contributed by atoms with van der Waals surface area (Å²) in [6.45, 7) is 4.01. The van der Waals surface area contributed by atoms with Gasteiger partial charge in [0.2, 0.25) is 0 Å². The van der Waals surface area contributed by atoms with E-state index in [4.69, 9.17) is 9.47 Å². The molecule has 0 amide bonds. The number of halogens is 1. The SMILES string of the molecule is Cc1c(COc2cc(OCCF)c(CN3CCCC[C@H]3CO)c3c2CCC3)cccc1-c1ccccc1. The second-order valence-electron chi connectivity index (χ2n) is 10.2. The third kappa shape index (κ3) is 5.68. The Hall–Kier alpha value is -2.89. The van der Waals surface area contributed by atoms with Crippen molar-refractivity contribution in [3.05, 3.63) is 82.4 Å². The molecule has 2 aliphatic rings. The number of hydrogen-bond donors (Lipinski definition) is 1.